The zero-order valence-electron chi connectivity index (χ0n) is 23.8. The molecule has 220 valence electrons. The van der Waals surface area contributed by atoms with E-state index in [-0.39, 0.29) is 29.7 Å². The van der Waals surface area contributed by atoms with Gasteiger partial charge in [-0.2, -0.15) is 0 Å². The van der Waals surface area contributed by atoms with Crippen molar-refractivity contribution >= 4 is 39.1 Å². The minimum atomic E-state index is -3.42. The molecule has 2 aliphatic rings. The van der Waals surface area contributed by atoms with E-state index < -0.39 is 27.3 Å². The maximum absolute atomic E-state index is 13.9. The van der Waals surface area contributed by atoms with Crippen molar-refractivity contribution in [1.29, 1.82) is 0 Å². The number of halogens is 1. The molecule has 3 aromatic carbocycles. The van der Waals surface area contributed by atoms with E-state index in [4.69, 9.17) is 16.3 Å². The third-order valence-electron chi connectivity index (χ3n) is 7.99. The molecular formula is C32H33ClN2O6S. The van der Waals surface area contributed by atoms with Gasteiger partial charge in [0.2, 0.25) is 5.91 Å². The molecule has 2 unspecified atom stereocenters. The first-order valence-corrected chi connectivity index (χ1v) is 16.1. The van der Waals surface area contributed by atoms with Gasteiger partial charge in [0.25, 0.3) is 0 Å². The molecule has 5 rings (SSSR count). The number of hydrogen-bond donors (Lipinski definition) is 1. The largest absolute Gasteiger partial charge is 0.449 e. The van der Waals surface area contributed by atoms with Gasteiger partial charge >= 0.3 is 5.97 Å². The Bertz CT molecular complexity index is 1670. The van der Waals surface area contributed by atoms with E-state index in [2.05, 4.69) is 5.32 Å². The quantitative estimate of drug-likeness (QED) is 0.313. The molecule has 0 aromatic heterocycles. The van der Waals surface area contributed by atoms with Crippen molar-refractivity contribution in [2.24, 2.45) is 0 Å². The zero-order valence-corrected chi connectivity index (χ0v) is 25.3. The van der Waals surface area contributed by atoms with Crippen molar-refractivity contribution in [3.8, 4) is 11.1 Å². The molecular weight excluding hydrogens is 576 g/mol. The summed E-state index contributed by atoms with van der Waals surface area (Å²) < 4.78 is 29.9. The fraction of sp³-hybridized carbons (Fsp3) is 0.344. The Hall–Kier alpha value is -3.53. The van der Waals surface area contributed by atoms with Gasteiger partial charge in [-0.05, 0) is 79.8 Å². The van der Waals surface area contributed by atoms with Crippen LogP contribution in [0.3, 0.4) is 0 Å². The normalized spacial score (nSPS) is 21.0. The third-order valence-corrected chi connectivity index (χ3v) is 9.42. The number of piperidine rings is 1. The van der Waals surface area contributed by atoms with Crippen LogP contribution in [-0.2, 0) is 35.5 Å². The second-order valence-corrected chi connectivity index (χ2v) is 13.7. The van der Waals surface area contributed by atoms with Crippen LogP contribution in [0.15, 0.2) is 65.6 Å². The number of hydrogen-bond acceptors (Lipinski definition) is 7. The fourth-order valence-corrected chi connectivity index (χ4v) is 6.70. The summed E-state index contributed by atoms with van der Waals surface area (Å²) in [6.07, 6.45) is 2.13. The summed E-state index contributed by atoms with van der Waals surface area (Å²) in [5, 5.41) is 3.21. The van der Waals surface area contributed by atoms with Gasteiger partial charge in [0.15, 0.2) is 21.2 Å². The molecule has 2 fully saturated rings. The topological polar surface area (TPSA) is 110 Å². The Balaban J connectivity index is 1.31. The Morgan fingerprint density at radius 1 is 1.10 bits per heavy atom. The van der Waals surface area contributed by atoms with E-state index >= 15 is 0 Å². The maximum atomic E-state index is 13.9. The van der Waals surface area contributed by atoms with Crippen LogP contribution in [0.4, 0.5) is 0 Å². The average molecular weight is 609 g/mol. The predicted molar refractivity (Wildman–Crippen MR) is 160 cm³/mol. The van der Waals surface area contributed by atoms with Crippen molar-refractivity contribution in [3.63, 3.8) is 0 Å². The smallest absolute Gasteiger partial charge is 0.322 e. The minimum Gasteiger partial charge on any atom is -0.449 e. The van der Waals surface area contributed by atoms with Crippen LogP contribution in [0.25, 0.3) is 11.1 Å². The van der Waals surface area contributed by atoms with Crippen LogP contribution >= 0.6 is 11.6 Å². The van der Waals surface area contributed by atoms with E-state index in [9.17, 15) is 22.8 Å². The lowest BCUT2D eigenvalue weighted by molar-refractivity contribution is -0.157. The number of carbonyl (C=O) groups is 3. The van der Waals surface area contributed by atoms with Crippen molar-refractivity contribution < 1.29 is 27.5 Å². The molecule has 0 radical (unpaired) electrons. The number of carbonyl (C=O) groups excluding carboxylic acids is 3. The van der Waals surface area contributed by atoms with Gasteiger partial charge in [-0.1, -0.05) is 53.6 Å². The first kappa shape index (κ1) is 29.9. The summed E-state index contributed by atoms with van der Waals surface area (Å²) in [5.74, 6) is -2.26. The molecule has 8 nitrogen and oxygen atoms in total. The van der Waals surface area contributed by atoms with Crippen LogP contribution in [-0.4, -0.2) is 62.5 Å². The fourth-order valence-electron chi connectivity index (χ4n) is 5.76. The summed E-state index contributed by atoms with van der Waals surface area (Å²) in [6.45, 7) is 5.05. The number of ether oxygens (including phenoxy) is 1. The highest BCUT2D eigenvalue weighted by Gasteiger charge is 2.57. The SMILES string of the molecule is Cc1ccc(CNC(=O)CN2CCCC3(C2)OC(=O)C(c2cc(Cl)c(-c4cccc(S(C)(=O)=O)c4)cc2C)C3=O)cc1. The molecule has 0 bridgehead atoms. The molecule has 10 heteroatoms. The van der Waals surface area contributed by atoms with Gasteiger partial charge in [-0.3, -0.25) is 19.3 Å². The number of aryl methyl sites for hydroxylation is 2. The van der Waals surface area contributed by atoms with Crippen LogP contribution in [0.1, 0.15) is 41.0 Å². The summed E-state index contributed by atoms with van der Waals surface area (Å²) in [6, 6.07) is 17.7. The molecule has 2 heterocycles. The molecule has 3 aromatic rings. The zero-order chi connectivity index (χ0) is 30.2. The second kappa shape index (κ2) is 11.6. The lowest BCUT2D eigenvalue weighted by Crippen LogP contribution is -2.54. The minimum absolute atomic E-state index is 0.0925. The summed E-state index contributed by atoms with van der Waals surface area (Å²) >= 11 is 6.65. The third kappa shape index (κ3) is 6.14. The van der Waals surface area contributed by atoms with Crippen molar-refractivity contribution in [2.45, 2.75) is 49.6 Å². The van der Waals surface area contributed by atoms with Gasteiger partial charge in [0.05, 0.1) is 11.4 Å². The van der Waals surface area contributed by atoms with Crippen molar-refractivity contribution in [2.75, 3.05) is 25.9 Å². The number of ketones is 1. The monoisotopic (exact) mass is 608 g/mol. The molecule has 1 amide bonds. The molecule has 2 atom stereocenters. The molecule has 2 aliphatic heterocycles. The average Bonchev–Trinajstić information content (AvgIpc) is 3.17. The Labute approximate surface area is 250 Å². The Morgan fingerprint density at radius 2 is 1.83 bits per heavy atom. The van der Waals surface area contributed by atoms with E-state index in [0.717, 1.165) is 17.4 Å². The second-order valence-electron chi connectivity index (χ2n) is 11.3. The summed E-state index contributed by atoms with van der Waals surface area (Å²) in [4.78, 5) is 41.8. The number of benzene rings is 3. The molecule has 2 saturated heterocycles. The Morgan fingerprint density at radius 3 is 2.55 bits per heavy atom. The molecule has 0 aliphatic carbocycles. The highest BCUT2D eigenvalue weighted by Crippen LogP contribution is 2.43. The van der Waals surface area contributed by atoms with E-state index in [1.807, 2.05) is 36.1 Å². The molecule has 1 N–H and O–H groups in total. The van der Waals surface area contributed by atoms with E-state index in [0.29, 0.717) is 53.2 Å². The lowest BCUT2D eigenvalue weighted by Gasteiger charge is -2.37. The number of Topliss-reactive ketones (excluding diaryl/α,β-unsaturated/α-hetero) is 1. The first-order chi connectivity index (χ1) is 19.9. The summed E-state index contributed by atoms with van der Waals surface area (Å²) in [7, 11) is -3.42. The van der Waals surface area contributed by atoms with Gasteiger partial charge in [0, 0.05) is 29.9 Å². The van der Waals surface area contributed by atoms with Gasteiger partial charge < -0.3 is 10.1 Å². The number of esters is 1. The lowest BCUT2D eigenvalue weighted by atomic mass is 9.81. The van der Waals surface area contributed by atoms with E-state index in [1.54, 1.807) is 37.3 Å². The highest BCUT2D eigenvalue weighted by atomic mass is 35.5. The maximum Gasteiger partial charge on any atom is 0.322 e. The van der Waals surface area contributed by atoms with E-state index in [1.165, 1.54) is 6.07 Å². The van der Waals surface area contributed by atoms with Crippen LogP contribution < -0.4 is 5.32 Å². The van der Waals surface area contributed by atoms with Crippen molar-refractivity contribution in [3.05, 3.63) is 87.9 Å². The Kier molecular flexibility index (Phi) is 8.29. The number of nitrogens with one attached hydrogen (secondary N) is 1. The molecule has 1 spiro atoms. The predicted octanol–water partition coefficient (Wildman–Crippen LogP) is 4.39. The highest BCUT2D eigenvalue weighted by molar-refractivity contribution is 7.90. The summed E-state index contributed by atoms with van der Waals surface area (Å²) in [5.41, 5.74) is 3.15. The number of sulfone groups is 1. The van der Waals surface area contributed by atoms with Crippen LogP contribution in [0.5, 0.6) is 0 Å². The van der Waals surface area contributed by atoms with Gasteiger partial charge in [0.1, 0.15) is 5.92 Å². The number of amides is 1. The number of likely N-dealkylation sites (tertiary alicyclic amines) is 1. The molecule has 42 heavy (non-hydrogen) atoms. The molecule has 0 saturated carbocycles. The van der Waals surface area contributed by atoms with Crippen molar-refractivity contribution in [1.82, 2.24) is 10.2 Å². The number of nitrogens with zero attached hydrogens (tertiary/aromatic N) is 1. The van der Waals surface area contributed by atoms with Gasteiger partial charge in [-0.25, -0.2) is 8.42 Å². The van der Waals surface area contributed by atoms with Crippen LogP contribution in [0.2, 0.25) is 5.02 Å². The standard InChI is InChI=1S/C32H33ClN2O6S/c1-20-8-10-22(11-9-20)17-34-28(36)18-35-13-5-12-32(19-35)30(37)29(31(38)41-32)25-16-27(33)26(14-21(25)2)23-6-4-7-24(15-23)42(3,39)40/h4,6-11,14-16,29H,5,12-13,17-19H2,1-3H3,(H,34,36). The number of rotatable bonds is 7. The van der Waals surface area contributed by atoms with Gasteiger partial charge in [-0.15, -0.1) is 0 Å². The van der Waals surface area contributed by atoms with Crippen LogP contribution in [0, 0.1) is 13.8 Å². The first-order valence-electron chi connectivity index (χ1n) is 13.8.